The van der Waals surface area contributed by atoms with E-state index < -0.39 is 0 Å². The summed E-state index contributed by atoms with van der Waals surface area (Å²) in [6, 6.07) is 0. The molecule has 0 nitrogen and oxygen atoms in total. The third-order valence-corrected chi connectivity index (χ3v) is 2.67. The first kappa shape index (κ1) is 19.2. The van der Waals surface area contributed by atoms with Crippen LogP contribution in [0.1, 0.15) is 51.4 Å². The van der Waals surface area contributed by atoms with Gasteiger partial charge in [0.05, 0.1) is 0 Å². The van der Waals surface area contributed by atoms with Gasteiger partial charge in [-0.15, -0.1) is 0 Å². The van der Waals surface area contributed by atoms with E-state index in [1.165, 1.54) is 51.4 Å². The van der Waals surface area contributed by atoms with E-state index >= 15 is 0 Å². The summed E-state index contributed by atoms with van der Waals surface area (Å²) in [5, 5.41) is 0. The van der Waals surface area contributed by atoms with Crippen LogP contribution in [0, 0.1) is 0 Å². The molecule has 0 heterocycles. The Morgan fingerprint density at radius 2 is 0.526 bits per heavy atom. The van der Waals surface area contributed by atoms with Gasteiger partial charge in [0.25, 0.3) is 0 Å². The average Bonchev–Trinajstić information content (AvgIpc) is 2.28. The maximum absolute atomic E-state index is 4.83. The van der Waals surface area contributed by atoms with Crippen molar-refractivity contribution in [1.82, 2.24) is 0 Å². The monoisotopic (exact) mass is 389 g/mol. The van der Waals surface area contributed by atoms with Crippen LogP contribution in [0.2, 0.25) is 0 Å². The zero-order chi connectivity index (χ0) is 14.0. The number of hydrogen-bond donors (Lipinski definition) is 0. The molecule has 2 aliphatic rings. The summed E-state index contributed by atoms with van der Waals surface area (Å²) in [4.78, 5) is 0. The topological polar surface area (TPSA) is 0 Å². The Balaban J connectivity index is 0.000000284. The van der Waals surface area contributed by atoms with Crippen LogP contribution < -0.4 is 0 Å². The second kappa shape index (κ2) is 18.2. The van der Waals surface area contributed by atoms with E-state index in [2.05, 4.69) is 48.6 Å². The van der Waals surface area contributed by atoms with E-state index in [1.54, 1.807) is 0 Å². The Hall–Kier alpha value is 0.163. The molecule has 0 radical (unpaired) electrons. The summed E-state index contributed by atoms with van der Waals surface area (Å²) >= 11 is -0.226. The van der Waals surface area contributed by atoms with Crippen LogP contribution in [0.5, 0.6) is 0 Å². The fourth-order valence-electron chi connectivity index (χ4n) is 1.71. The first-order chi connectivity index (χ1) is 9.41. The zero-order valence-electron chi connectivity index (χ0n) is 11.4. The summed E-state index contributed by atoms with van der Waals surface area (Å²) in [5.74, 6) is 0. The molecule has 2 rings (SSSR count). The second-order valence-corrected chi connectivity index (χ2v) is 6.73. The molecule has 112 valence electrons. The van der Waals surface area contributed by atoms with E-state index in [1.807, 2.05) is 0 Å². The first-order valence-electron chi connectivity index (χ1n) is 6.85. The van der Waals surface area contributed by atoms with Crippen molar-refractivity contribution in [1.29, 1.82) is 0 Å². The van der Waals surface area contributed by atoms with E-state index in [0.29, 0.717) is 0 Å². The predicted molar refractivity (Wildman–Crippen MR) is 85.2 cm³/mol. The van der Waals surface area contributed by atoms with E-state index in [9.17, 15) is 0 Å². The standard InChI is InChI=1S/2C8H12.2ClH.Rh/c2*1-2-4-6-8-7-5-3-1;;;/h2*1-2,7-8H,3-6H2;2*1H;/q;;;;+1/p-2. The molecule has 3 heteroatoms. The summed E-state index contributed by atoms with van der Waals surface area (Å²) in [5.41, 5.74) is 0. The van der Waals surface area contributed by atoms with Crippen molar-refractivity contribution in [2.75, 3.05) is 0 Å². The van der Waals surface area contributed by atoms with Crippen LogP contribution in [0.15, 0.2) is 48.6 Å². The Labute approximate surface area is 134 Å². The van der Waals surface area contributed by atoms with Gasteiger partial charge in [-0.3, -0.25) is 0 Å². The quantitative estimate of drug-likeness (QED) is 0.318. The Bertz CT molecular complexity index is 200. The van der Waals surface area contributed by atoms with Crippen LogP contribution >= 0.6 is 19.4 Å². The van der Waals surface area contributed by atoms with Gasteiger partial charge in [-0.05, 0) is 51.4 Å². The van der Waals surface area contributed by atoms with Crippen molar-refractivity contribution >= 4 is 19.4 Å². The summed E-state index contributed by atoms with van der Waals surface area (Å²) in [7, 11) is 9.67. The Morgan fingerprint density at radius 3 is 0.632 bits per heavy atom. The third kappa shape index (κ3) is 18.2. The average molecular weight is 390 g/mol. The van der Waals surface area contributed by atoms with Crippen molar-refractivity contribution < 1.29 is 15.1 Å². The van der Waals surface area contributed by atoms with Gasteiger partial charge < -0.3 is 0 Å². The molecule has 0 N–H and O–H groups in total. The molecular weight excluding hydrogens is 366 g/mol. The Morgan fingerprint density at radius 1 is 0.421 bits per heavy atom. The van der Waals surface area contributed by atoms with Gasteiger partial charge in [0.2, 0.25) is 0 Å². The van der Waals surface area contributed by atoms with Crippen molar-refractivity contribution in [2.24, 2.45) is 0 Å². The Kier molecular flexibility index (Phi) is 18.3. The number of allylic oxidation sites excluding steroid dienone is 8. The molecule has 0 aromatic heterocycles. The molecular formula is C16H24Cl2Rh-. The van der Waals surface area contributed by atoms with E-state index in [-0.39, 0.29) is 15.1 Å². The zero-order valence-corrected chi connectivity index (χ0v) is 14.5. The molecule has 0 fully saturated rings. The fraction of sp³-hybridized carbons (Fsp3) is 0.500. The van der Waals surface area contributed by atoms with Crippen LogP contribution in [-0.4, -0.2) is 0 Å². The molecule has 0 saturated carbocycles. The molecule has 0 bridgehead atoms. The van der Waals surface area contributed by atoms with Gasteiger partial charge in [-0.25, -0.2) is 0 Å². The molecule has 2 aliphatic carbocycles. The van der Waals surface area contributed by atoms with Gasteiger partial charge in [-0.1, -0.05) is 48.6 Å². The molecule has 0 amide bonds. The van der Waals surface area contributed by atoms with Crippen molar-refractivity contribution in [2.45, 2.75) is 51.4 Å². The minimum atomic E-state index is -0.226. The van der Waals surface area contributed by atoms with Gasteiger partial charge in [0.1, 0.15) is 0 Å². The van der Waals surface area contributed by atoms with Gasteiger partial charge in [-0.2, -0.15) is 0 Å². The summed E-state index contributed by atoms with van der Waals surface area (Å²) in [6.07, 6.45) is 28.0. The van der Waals surface area contributed by atoms with E-state index in [4.69, 9.17) is 19.4 Å². The van der Waals surface area contributed by atoms with Crippen LogP contribution in [0.3, 0.4) is 0 Å². The molecule has 0 atom stereocenters. The van der Waals surface area contributed by atoms with Crippen LogP contribution in [-0.2, 0) is 15.1 Å². The molecule has 19 heavy (non-hydrogen) atoms. The van der Waals surface area contributed by atoms with Crippen LogP contribution in [0.25, 0.3) is 0 Å². The van der Waals surface area contributed by atoms with Crippen molar-refractivity contribution in [3.63, 3.8) is 0 Å². The minimum absolute atomic E-state index is 0.226. The molecule has 0 saturated heterocycles. The van der Waals surface area contributed by atoms with Crippen molar-refractivity contribution in [3.8, 4) is 0 Å². The molecule has 0 unspecified atom stereocenters. The maximum atomic E-state index is 4.83. The summed E-state index contributed by atoms with van der Waals surface area (Å²) < 4.78 is 0. The van der Waals surface area contributed by atoms with Gasteiger partial charge >= 0.3 is 34.5 Å². The number of halogens is 2. The fourth-order valence-corrected chi connectivity index (χ4v) is 1.71. The van der Waals surface area contributed by atoms with Crippen LogP contribution in [0.4, 0.5) is 0 Å². The molecule has 0 aromatic rings. The number of rotatable bonds is 0. The predicted octanol–water partition coefficient (Wildman–Crippen LogP) is 6.72. The van der Waals surface area contributed by atoms with Gasteiger partial charge in [0, 0.05) is 0 Å². The number of hydrogen-bond acceptors (Lipinski definition) is 0. The van der Waals surface area contributed by atoms with E-state index in [0.717, 1.165) is 0 Å². The molecule has 0 spiro atoms. The van der Waals surface area contributed by atoms with Gasteiger partial charge in [0.15, 0.2) is 0 Å². The molecule has 0 aliphatic heterocycles. The first-order valence-corrected chi connectivity index (χ1v) is 11.1. The van der Waals surface area contributed by atoms with Crippen molar-refractivity contribution in [3.05, 3.63) is 48.6 Å². The second-order valence-electron chi connectivity index (χ2n) is 4.24. The SMILES string of the molecule is C1=CCCC=CCC1.C1=CCCC=CCC1.[Cl][Rh-][Cl]. The third-order valence-electron chi connectivity index (χ3n) is 2.67. The molecule has 0 aromatic carbocycles. The summed E-state index contributed by atoms with van der Waals surface area (Å²) in [6.45, 7) is 0. The normalized spacial score (nSPS) is 18.0.